The van der Waals surface area contributed by atoms with Gasteiger partial charge >= 0.3 is 0 Å². The molecule has 3 aromatic heterocycles. The summed E-state index contributed by atoms with van der Waals surface area (Å²) in [6, 6.07) is 19.6. The maximum absolute atomic E-state index is 12.7. The summed E-state index contributed by atoms with van der Waals surface area (Å²) in [6.45, 7) is 0. The minimum Gasteiger partial charge on any atom is -0.322 e. The van der Waals surface area contributed by atoms with Crippen molar-refractivity contribution in [2.75, 3.05) is 10.6 Å². The summed E-state index contributed by atoms with van der Waals surface area (Å²) in [5.74, 6) is -0.477. The van der Waals surface area contributed by atoms with E-state index >= 15 is 0 Å². The maximum Gasteiger partial charge on any atom is 0.265 e. The number of benzene rings is 1. The average molecular weight is 433 g/mol. The minimum atomic E-state index is -0.276. The van der Waals surface area contributed by atoms with Gasteiger partial charge in [0.05, 0.1) is 4.88 Å². The molecule has 8 heteroatoms. The van der Waals surface area contributed by atoms with Crippen molar-refractivity contribution in [3.63, 3.8) is 0 Å². The number of rotatable bonds is 6. The Morgan fingerprint density at radius 2 is 1.60 bits per heavy atom. The van der Waals surface area contributed by atoms with Gasteiger partial charge in [-0.05, 0) is 53.9 Å². The highest BCUT2D eigenvalue weighted by molar-refractivity contribution is 7.99. The molecule has 0 bridgehead atoms. The number of hydrogen-bond acceptors (Lipinski definition) is 6. The van der Waals surface area contributed by atoms with Crippen molar-refractivity contribution in [3.05, 3.63) is 94.9 Å². The molecule has 0 spiro atoms. The van der Waals surface area contributed by atoms with Crippen LogP contribution in [0.3, 0.4) is 0 Å². The van der Waals surface area contributed by atoms with Crippen molar-refractivity contribution in [2.24, 2.45) is 0 Å². The molecule has 0 radical (unpaired) electrons. The molecule has 0 aliphatic heterocycles. The highest BCUT2D eigenvalue weighted by Crippen LogP contribution is 2.26. The Morgan fingerprint density at radius 3 is 2.40 bits per heavy atom. The number of carbonyl (C=O) groups is 2. The van der Waals surface area contributed by atoms with Crippen LogP contribution in [-0.2, 0) is 0 Å². The molecule has 30 heavy (non-hydrogen) atoms. The zero-order valence-electron chi connectivity index (χ0n) is 15.6. The average Bonchev–Trinajstić information content (AvgIpc) is 3.30. The maximum atomic E-state index is 12.7. The third kappa shape index (κ3) is 5.11. The molecule has 148 valence electrons. The molecule has 3 heterocycles. The van der Waals surface area contributed by atoms with Crippen LogP contribution in [0.4, 0.5) is 11.4 Å². The number of nitrogens with one attached hydrogen (secondary N) is 2. The molecule has 0 atom stereocenters. The molecule has 6 nitrogen and oxygen atoms in total. The standard InChI is InChI=1S/C22H16N4O2S2/c27-21(15-5-3-6-16(13-15)26-22(28)18-7-4-12-29-18)25-17-9-11-24-20(14-17)30-19-8-1-2-10-23-19/h1-14H,(H,26,28)(H,24,25,27). The third-order valence-electron chi connectivity index (χ3n) is 3.97. The second-order valence-electron chi connectivity index (χ2n) is 6.12. The van der Waals surface area contributed by atoms with Gasteiger partial charge in [0.2, 0.25) is 0 Å². The number of carbonyl (C=O) groups excluding carboxylic acids is 2. The fourth-order valence-corrected chi connectivity index (χ4v) is 3.99. The van der Waals surface area contributed by atoms with Gasteiger partial charge in [0.25, 0.3) is 11.8 Å². The molecule has 4 aromatic rings. The van der Waals surface area contributed by atoms with E-state index in [4.69, 9.17) is 0 Å². The fraction of sp³-hybridized carbons (Fsp3) is 0. The second-order valence-corrected chi connectivity index (χ2v) is 8.11. The highest BCUT2D eigenvalue weighted by atomic mass is 32.2. The van der Waals surface area contributed by atoms with Crippen molar-refractivity contribution in [2.45, 2.75) is 10.1 Å². The Balaban J connectivity index is 1.44. The summed E-state index contributed by atoms with van der Waals surface area (Å²) in [6.07, 6.45) is 3.36. The van der Waals surface area contributed by atoms with Gasteiger partial charge in [0.1, 0.15) is 10.1 Å². The molecule has 0 unspecified atom stereocenters. The van der Waals surface area contributed by atoms with Crippen LogP contribution in [0.15, 0.2) is 94.6 Å². The predicted molar refractivity (Wildman–Crippen MR) is 119 cm³/mol. The minimum absolute atomic E-state index is 0.201. The molecular weight excluding hydrogens is 416 g/mol. The van der Waals surface area contributed by atoms with Gasteiger partial charge in [-0.1, -0.05) is 30.0 Å². The Kier molecular flexibility index (Phi) is 6.17. The number of amides is 2. The van der Waals surface area contributed by atoms with Crippen LogP contribution in [0.25, 0.3) is 0 Å². The van der Waals surface area contributed by atoms with Gasteiger partial charge in [0.15, 0.2) is 0 Å². The molecule has 0 saturated heterocycles. The van der Waals surface area contributed by atoms with Crippen LogP contribution in [0.1, 0.15) is 20.0 Å². The molecule has 0 fully saturated rings. The zero-order valence-corrected chi connectivity index (χ0v) is 17.2. The largest absolute Gasteiger partial charge is 0.322 e. The number of thiophene rings is 1. The highest BCUT2D eigenvalue weighted by Gasteiger charge is 2.11. The number of aromatic nitrogens is 2. The van der Waals surface area contributed by atoms with Crippen LogP contribution in [0.5, 0.6) is 0 Å². The van der Waals surface area contributed by atoms with Crippen molar-refractivity contribution < 1.29 is 9.59 Å². The summed E-state index contributed by atoms with van der Waals surface area (Å²) in [4.78, 5) is 34.1. The lowest BCUT2D eigenvalue weighted by Gasteiger charge is -2.09. The monoisotopic (exact) mass is 432 g/mol. The summed E-state index contributed by atoms with van der Waals surface area (Å²) < 4.78 is 0. The van der Waals surface area contributed by atoms with Gasteiger partial charge < -0.3 is 10.6 Å². The lowest BCUT2D eigenvalue weighted by Crippen LogP contribution is -2.14. The second kappa shape index (κ2) is 9.34. The van der Waals surface area contributed by atoms with Crippen molar-refractivity contribution >= 4 is 46.3 Å². The Hall–Kier alpha value is -3.49. The molecule has 4 rings (SSSR count). The topological polar surface area (TPSA) is 84.0 Å². The van der Waals surface area contributed by atoms with Crippen LogP contribution in [-0.4, -0.2) is 21.8 Å². The molecule has 0 aliphatic rings. The van der Waals surface area contributed by atoms with Crippen LogP contribution < -0.4 is 10.6 Å². The lowest BCUT2D eigenvalue weighted by molar-refractivity contribution is 0.101. The van der Waals surface area contributed by atoms with E-state index in [0.717, 1.165) is 10.1 Å². The first-order valence-corrected chi connectivity index (χ1v) is 10.7. The SMILES string of the molecule is O=C(Nc1ccnc(Sc2ccccn2)c1)c1cccc(NC(=O)c2cccs2)c1. The van der Waals surface area contributed by atoms with Crippen molar-refractivity contribution in [3.8, 4) is 0 Å². The molecule has 0 aliphatic carbocycles. The van der Waals surface area contributed by atoms with Gasteiger partial charge in [0, 0.05) is 29.3 Å². The first kappa shape index (κ1) is 19.8. The Labute approximate surface area is 181 Å². The molecule has 0 saturated carbocycles. The number of anilines is 2. The fourth-order valence-electron chi connectivity index (χ4n) is 2.60. The van der Waals surface area contributed by atoms with E-state index in [0.29, 0.717) is 21.8 Å². The molecular formula is C22H16N4O2S2. The molecule has 1 aromatic carbocycles. The predicted octanol–water partition coefficient (Wildman–Crippen LogP) is 5.19. The van der Waals surface area contributed by atoms with Gasteiger partial charge in [-0.2, -0.15) is 0 Å². The summed E-state index contributed by atoms with van der Waals surface area (Å²) in [5, 5.41) is 9.07. The van der Waals surface area contributed by atoms with E-state index in [1.54, 1.807) is 54.9 Å². The smallest absolute Gasteiger partial charge is 0.265 e. The first-order valence-electron chi connectivity index (χ1n) is 8.98. The Morgan fingerprint density at radius 1 is 0.767 bits per heavy atom. The van der Waals surface area contributed by atoms with E-state index in [9.17, 15) is 9.59 Å². The Bertz CT molecular complexity index is 1160. The van der Waals surface area contributed by atoms with Crippen LogP contribution in [0, 0.1) is 0 Å². The van der Waals surface area contributed by atoms with E-state index < -0.39 is 0 Å². The van der Waals surface area contributed by atoms with Crippen molar-refractivity contribution in [1.29, 1.82) is 0 Å². The lowest BCUT2D eigenvalue weighted by atomic mass is 10.2. The normalized spacial score (nSPS) is 10.4. The number of nitrogens with zero attached hydrogens (tertiary/aromatic N) is 2. The van der Waals surface area contributed by atoms with E-state index in [2.05, 4.69) is 20.6 Å². The number of hydrogen-bond donors (Lipinski definition) is 2. The summed E-state index contributed by atoms with van der Waals surface area (Å²) in [7, 11) is 0. The summed E-state index contributed by atoms with van der Waals surface area (Å²) >= 11 is 2.77. The van der Waals surface area contributed by atoms with Gasteiger partial charge in [-0.15, -0.1) is 11.3 Å². The molecule has 2 N–H and O–H groups in total. The van der Waals surface area contributed by atoms with E-state index in [1.165, 1.54) is 23.1 Å². The van der Waals surface area contributed by atoms with Crippen LogP contribution in [0.2, 0.25) is 0 Å². The quantitative estimate of drug-likeness (QED) is 0.438. The zero-order chi connectivity index (χ0) is 20.8. The van der Waals surface area contributed by atoms with Crippen LogP contribution >= 0.6 is 23.1 Å². The van der Waals surface area contributed by atoms with E-state index in [1.807, 2.05) is 29.6 Å². The van der Waals surface area contributed by atoms with E-state index in [-0.39, 0.29) is 11.8 Å². The molecule has 2 amide bonds. The first-order chi connectivity index (χ1) is 14.7. The number of pyridine rings is 2. The third-order valence-corrected chi connectivity index (χ3v) is 5.72. The van der Waals surface area contributed by atoms with Crippen molar-refractivity contribution in [1.82, 2.24) is 9.97 Å². The van der Waals surface area contributed by atoms with Gasteiger partial charge in [-0.25, -0.2) is 9.97 Å². The summed E-state index contributed by atoms with van der Waals surface area (Å²) in [5.41, 5.74) is 1.62. The van der Waals surface area contributed by atoms with Gasteiger partial charge in [-0.3, -0.25) is 9.59 Å².